The number of alkyl carbamates (subject to hydrolysis) is 1. The van der Waals surface area contributed by atoms with Crippen molar-refractivity contribution >= 4 is 17.9 Å². The van der Waals surface area contributed by atoms with E-state index >= 15 is 0 Å². The predicted octanol–water partition coefficient (Wildman–Crippen LogP) is 4.70. The molecule has 0 aromatic heterocycles. The standard InChI is InChI=1S/C29H47N3O5/c1-9-29(7,8)32(26(35)23(18-33)31-27(36)37-28(4,5)6)24(22-16-15-19(2)17-20(22)3)25(34)30-21-13-11-10-12-14-21/h15-17,21,23-24,33H,9-14,18H2,1-8H3,(H,30,34)(H,31,36). The number of carbonyl (C=O) groups excluding carboxylic acids is 3. The van der Waals surface area contributed by atoms with Crippen LogP contribution in [0.4, 0.5) is 4.79 Å². The molecule has 2 atom stereocenters. The van der Waals surface area contributed by atoms with Gasteiger partial charge >= 0.3 is 6.09 Å². The third kappa shape index (κ3) is 8.45. The Morgan fingerprint density at radius 3 is 2.22 bits per heavy atom. The maximum Gasteiger partial charge on any atom is 0.408 e. The molecule has 0 radical (unpaired) electrons. The van der Waals surface area contributed by atoms with Crippen LogP contribution >= 0.6 is 0 Å². The van der Waals surface area contributed by atoms with Crippen LogP contribution in [0.2, 0.25) is 0 Å². The number of nitrogens with zero attached hydrogens (tertiary/aromatic N) is 1. The Morgan fingerprint density at radius 2 is 1.70 bits per heavy atom. The zero-order valence-corrected chi connectivity index (χ0v) is 23.9. The summed E-state index contributed by atoms with van der Waals surface area (Å²) in [5, 5.41) is 15.9. The number of hydrogen-bond acceptors (Lipinski definition) is 5. The number of benzene rings is 1. The molecule has 0 aliphatic heterocycles. The number of aliphatic hydroxyl groups excluding tert-OH is 1. The first-order chi connectivity index (χ1) is 17.2. The Kier molecular flexibility index (Phi) is 10.6. The molecule has 0 spiro atoms. The highest BCUT2D eigenvalue weighted by molar-refractivity contribution is 5.93. The van der Waals surface area contributed by atoms with Gasteiger partial charge in [0.2, 0.25) is 11.8 Å². The van der Waals surface area contributed by atoms with Crippen molar-refractivity contribution < 1.29 is 24.2 Å². The van der Waals surface area contributed by atoms with E-state index in [0.717, 1.165) is 48.8 Å². The second-order valence-electron chi connectivity index (χ2n) is 11.9. The van der Waals surface area contributed by atoms with Gasteiger partial charge in [0.1, 0.15) is 17.7 Å². The summed E-state index contributed by atoms with van der Waals surface area (Å²) in [7, 11) is 0. The zero-order chi connectivity index (χ0) is 28.0. The van der Waals surface area contributed by atoms with Crippen LogP contribution in [0.3, 0.4) is 0 Å². The second kappa shape index (κ2) is 12.8. The number of amides is 3. The lowest BCUT2D eigenvalue weighted by molar-refractivity contribution is -0.150. The van der Waals surface area contributed by atoms with E-state index < -0.39 is 41.8 Å². The number of aryl methyl sites for hydroxylation is 2. The van der Waals surface area contributed by atoms with Gasteiger partial charge in [-0.15, -0.1) is 0 Å². The third-order valence-corrected chi connectivity index (χ3v) is 7.10. The van der Waals surface area contributed by atoms with Crippen LogP contribution in [0.25, 0.3) is 0 Å². The zero-order valence-electron chi connectivity index (χ0n) is 23.9. The van der Waals surface area contributed by atoms with Crippen LogP contribution in [-0.4, -0.2) is 57.7 Å². The Hall–Kier alpha value is -2.61. The lowest BCUT2D eigenvalue weighted by Crippen LogP contribution is -2.60. The molecule has 1 aromatic carbocycles. The smallest absolute Gasteiger partial charge is 0.408 e. The highest BCUT2D eigenvalue weighted by Crippen LogP contribution is 2.34. The Labute approximate surface area is 222 Å². The van der Waals surface area contributed by atoms with Crippen molar-refractivity contribution in [2.75, 3.05) is 6.61 Å². The Morgan fingerprint density at radius 1 is 1.08 bits per heavy atom. The third-order valence-electron chi connectivity index (χ3n) is 7.10. The van der Waals surface area contributed by atoms with Crippen molar-refractivity contribution in [1.29, 1.82) is 0 Å². The van der Waals surface area contributed by atoms with Crippen molar-refractivity contribution in [3.8, 4) is 0 Å². The van der Waals surface area contributed by atoms with E-state index in [1.807, 2.05) is 52.8 Å². The average molecular weight is 518 g/mol. The summed E-state index contributed by atoms with van der Waals surface area (Å²) >= 11 is 0. The molecule has 208 valence electrons. The summed E-state index contributed by atoms with van der Waals surface area (Å²) in [6.45, 7) is 14.2. The lowest BCUT2D eigenvalue weighted by atomic mass is 9.89. The molecule has 1 aliphatic carbocycles. The van der Waals surface area contributed by atoms with Gasteiger partial charge in [-0.1, -0.05) is 49.9 Å². The number of aliphatic hydroxyl groups is 1. The molecular weight excluding hydrogens is 470 g/mol. The largest absolute Gasteiger partial charge is 0.444 e. The van der Waals surface area contributed by atoms with Crippen molar-refractivity contribution in [3.05, 3.63) is 34.9 Å². The molecule has 2 rings (SSSR count). The topological polar surface area (TPSA) is 108 Å². The average Bonchev–Trinajstić information content (AvgIpc) is 2.80. The first kappa shape index (κ1) is 30.6. The van der Waals surface area contributed by atoms with Crippen molar-refractivity contribution in [2.45, 2.75) is 123 Å². The second-order valence-corrected chi connectivity index (χ2v) is 11.9. The number of ether oxygens (including phenoxy) is 1. The Bertz CT molecular complexity index is 947. The van der Waals surface area contributed by atoms with Crippen LogP contribution in [-0.2, 0) is 14.3 Å². The molecular formula is C29H47N3O5. The molecule has 8 nitrogen and oxygen atoms in total. The minimum atomic E-state index is -1.27. The highest BCUT2D eigenvalue weighted by atomic mass is 16.6. The molecule has 3 amide bonds. The maximum atomic E-state index is 14.1. The number of carbonyl (C=O) groups is 3. The molecule has 0 heterocycles. The molecule has 8 heteroatoms. The molecule has 1 aromatic rings. The summed E-state index contributed by atoms with van der Waals surface area (Å²) in [5.41, 5.74) is 1.15. The summed E-state index contributed by atoms with van der Waals surface area (Å²) in [6.07, 6.45) is 4.87. The van der Waals surface area contributed by atoms with Crippen molar-refractivity contribution in [1.82, 2.24) is 15.5 Å². The van der Waals surface area contributed by atoms with Gasteiger partial charge in [-0.05, 0) is 78.9 Å². The first-order valence-corrected chi connectivity index (χ1v) is 13.5. The molecule has 0 saturated heterocycles. The normalized spacial score (nSPS) is 16.5. The van der Waals surface area contributed by atoms with Gasteiger partial charge in [-0.3, -0.25) is 9.59 Å². The monoisotopic (exact) mass is 517 g/mol. The first-order valence-electron chi connectivity index (χ1n) is 13.5. The summed E-state index contributed by atoms with van der Waals surface area (Å²) in [4.78, 5) is 42.1. The van der Waals surface area contributed by atoms with E-state index in [4.69, 9.17) is 4.74 Å². The molecule has 2 unspecified atom stereocenters. The van der Waals surface area contributed by atoms with E-state index in [-0.39, 0.29) is 11.9 Å². The van der Waals surface area contributed by atoms with E-state index in [1.165, 1.54) is 0 Å². The minimum absolute atomic E-state index is 0.0599. The van der Waals surface area contributed by atoms with E-state index in [2.05, 4.69) is 10.6 Å². The number of rotatable bonds is 9. The molecule has 0 bridgehead atoms. The molecule has 1 fully saturated rings. The van der Waals surface area contributed by atoms with Gasteiger partial charge < -0.3 is 25.4 Å². The summed E-state index contributed by atoms with van der Waals surface area (Å²) in [6, 6.07) is 3.70. The minimum Gasteiger partial charge on any atom is -0.444 e. The van der Waals surface area contributed by atoms with Crippen LogP contribution in [0.15, 0.2) is 18.2 Å². The van der Waals surface area contributed by atoms with Crippen molar-refractivity contribution in [3.63, 3.8) is 0 Å². The summed E-state index contributed by atoms with van der Waals surface area (Å²) in [5.74, 6) is -0.785. The summed E-state index contributed by atoms with van der Waals surface area (Å²) < 4.78 is 5.33. The molecule has 3 N–H and O–H groups in total. The van der Waals surface area contributed by atoms with Gasteiger partial charge in [0.15, 0.2) is 0 Å². The van der Waals surface area contributed by atoms with Gasteiger partial charge in [0, 0.05) is 11.6 Å². The highest BCUT2D eigenvalue weighted by Gasteiger charge is 2.43. The van der Waals surface area contributed by atoms with Gasteiger partial charge in [0.25, 0.3) is 0 Å². The van der Waals surface area contributed by atoms with E-state index in [9.17, 15) is 19.5 Å². The molecule has 37 heavy (non-hydrogen) atoms. The van der Waals surface area contributed by atoms with Crippen LogP contribution < -0.4 is 10.6 Å². The van der Waals surface area contributed by atoms with Crippen LogP contribution in [0.1, 0.15) is 103 Å². The van der Waals surface area contributed by atoms with E-state index in [0.29, 0.717) is 6.42 Å². The fourth-order valence-electron chi connectivity index (χ4n) is 4.81. The SMILES string of the molecule is CCC(C)(C)N(C(=O)C(CO)NC(=O)OC(C)(C)C)C(C(=O)NC1CCCCC1)c1ccc(C)cc1C. The maximum absolute atomic E-state index is 14.1. The van der Waals surface area contributed by atoms with Gasteiger partial charge in [-0.2, -0.15) is 0 Å². The van der Waals surface area contributed by atoms with Crippen LogP contribution in [0, 0.1) is 13.8 Å². The van der Waals surface area contributed by atoms with Gasteiger partial charge in [0.05, 0.1) is 6.61 Å². The Balaban J connectivity index is 2.55. The quantitative estimate of drug-likeness (QED) is 0.440. The number of nitrogens with one attached hydrogen (secondary N) is 2. The number of hydrogen-bond donors (Lipinski definition) is 3. The van der Waals surface area contributed by atoms with Crippen molar-refractivity contribution in [2.24, 2.45) is 0 Å². The van der Waals surface area contributed by atoms with Gasteiger partial charge in [-0.25, -0.2) is 4.79 Å². The fraction of sp³-hybridized carbons (Fsp3) is 0.690. The lowest BCUT2D eigenvalue weighted by Gasteiger charge is -2.45. The fourth-order valence-corrected chi connectivity index (χ4v) is 4.81. The van der Waals surface area contributed by atoms with E-state index in [1.54, 1.807) is 25.7 Å². The predicted molar refractivity (Wildman–Crippen MR) is 145 cm³/mol. The molecule has 1 saturated carbocycles. The van der Waals surface area contributed by atoms with Crippen LogP contribution in [0.5, 0.6) is 0 Å². The molecule has 1 aliphatic rings.